The number of halogens is 1. The molecular weight excluding hydrogens is 479 g/mol. The number of hydrogen-bond donors (Lipinski definition) is 1. The Bertz CT molecular complexity index is 466. The third kappa shape index (κ3) is 8.87. The summed E-state index contributed by atoms with van der Waals surface area (Å²) in [5.74, 6) is 1.92. The van der Waals surface area contributed by atoms with Crippen LogP contribution in [0.1, 0.15) is 58.8 Å². The van der Waals surface area contributed by atoms with Gasteiger partial charge in [-0.25, -0.2) is 0 Å². The van der Waals surface area contributed by atoms with Crippen LogP contribution in [0.2, 0.25) is 0 Å². The highest BCUT2D eigenvalue weighted by molar-refractivity contribution is 14.0. The number of likely N-dealkylation sites (tertiary alicyclic amines) is 2. The van der Waals surface area contributed by atoms with Crippen LogP contribution in [0.25, 0.3) is 0 Å². The quantitative estimate of drug-likeness (QED) is 0.316. The molecule has 0 aromatic heterocycles. The Kier molecular flexibility index (Phi) is 12.2. The van der Waals surface area contributed by atoms with Gasteiger partial charge in [0.1, 0.15) is 0 Å². The van der Waals surface area contributed by atoms with E-state index in [4.69, 9.17) is 14.5 Å². The summed E-state index contributed by atoms with van der Waals surface area (Å²) in [5.41, 5.74) is 0. The monoisotopic (exact) mass is 522 g/mol. The van der Waals surface area contributed by atoms with Gasteiger partial charge in [0.15, 0.2) is 5.96 Å². The summed E-state index contributed by atoms with van der Waals surface area (Å²) in [6, 6.07) is 0. The van der Waals surface area contributed by atoms with Crippen LogP contribution in [-0.2, 0) is 9.47 Å². The van der Waals surface area contributed by atoms with Crippen molar-refractivity contribution < 1.29 is 9.47 Å². The van der Waals surface area contributed by atoms with Gasteiger partial charge in [-0.2, -0.15) is 0 Å². The van der Waals surface area contributed by atoms with Crippen molar-refractivity contribution in [2.75, 3.05) is 59.0 Å². The van der Waals surface area contributed by atoms with Crippen molar-refractivity contribution in [3.63, 3.8) is 0 Å². The van der Waals surface area contributed by atoms with Crippen LogP contribution < -0.4 is 5.32 Å². The van der Waals surface area contributed by atoms with E-state index in [1.165, 1.54) is 38.8 Å². The van der Waals surface area contributed by atoms with Crippen molar-refractivity contribution >= 4 is 29.9 Å². The number of rotatable bonds is 7. The van der Waals surface area contributed by atoms with Gasteiger partial charge in [0, 0.05) is 39.3 Å². The molecule has 3 aliphatic rings. The first kappa shape index (κ1) is 25.1. The van der Waals surface area contributed by atoms with Crippen molar-refractivity contribution in [1.82, 2.24) is 15.1 Å². The molecule has 3 fully saturated rings. The summed E-state index contributed by atoms with van der Waals surface area (Å²) in [4.78, 5) is 9.92. The summed E-state index contributed by atoms with van der Waals surface area (Å²) in [5, 5.41) is 3.49. The second-order valence-corrected chi connectivity index (χ2v) is 8.79. The first-order chi connectivity index (χ1) is 13.7. The predicted octanol–water partition coefficient (Wildman–Crippen LogP) is 3.35. The molecule has 2 atom stereocenters. The second-order valence-electron chi connectivity index (χ2n) is 8.79. The predicted molar refractivity (Wildman–Crippen MR) is 130 cm³/mol. The highest BCUT2D eigenvalue weighted by Gasteiger charge is 2.24. The Morgan fingerprint density at radius 3 is 2.62 bits per heavy atom. The molecule has 0 aromatic carbocycles. The molecule has 3 aliphatic heterocycles. The summed E-state index contributed by atoms with van der Waals surface area (Å²) < 4.78 is 12.0. The summed E-state index contributed by atoms with van der Waals surface area (Å²) in [6.45, 7) is 13.6. The lowest BCUT2D eigenvalue weighted by Crippen LogP contribution is -2.47. The second kappa shape index (κ2) is 14.0. The highest BCUT2D eigenvalue weighted by Crippen LogP contribution is 2.18. The van der Waals surface area contributed by atoms with E-state index in [2.05, 4.69) is 29.0 Å². The van der Waals surface area contributed by atoms with Crippen LogP contribution in [-0.4, -0.2) is 87.0 Å². The van der Waals surface area contributed by atoms with Crippen molar-refractivity contribution in [2.24, 2.45) is 10.9 Å². The molecule has 29 heavy (non-hydrogen) atoms. The molecule has 0 radical (unpaired) electrons. The Morgan fingerprint density at radius 1 is 1.10 bits per heavy atom. The van der Waals surface area contributed by atoms with Crippen LogP contribution in [0.3, 0.4) is 0 Å². The number of nitrogens with one attached hydrogen (secondary N) is 1. The van der Waals surface area contributed by atoms with E-state index < -0.39 is 0 Å². The van der Waals surface area contributed by atoms with E-state index in [1.54, 1.807) is 0 Å². The first-order valence-electron chi connectivity index (χ1n) is 11.7. The van der Waals surface area contributed by atoms with Gasteiger partial charge >= 0.3 is 0 Å². The minimum atomic E-state index is 0. The van der Waals surface area contributed by atoms with Crippen molar-refractivity contribution in [1.29, 1.82) is 0 Å². The maximum Gasteiger partial charge on any atom is 0.193 e. The lowest BCUT2D eigenvalue weighted by atomic mass is 10.0. The molecule has 0 aromatic rings. The average Bonchev–Trinajstić information content (AvgIpc) is 2.73. The normalized spacial score (nSPS) is 27.5. The van der Waals surface area contributed by atoms with E-state index in [-0.39, 0.29) is 24.0 Å². The van der Waals surface area contributed by atoms with Gasteiger partial charge < -0.3 is 24.6 Å². The van der Waals surface area contributed by atoms with E-state index >= 15 is 0 Å². The number of ether oxygens (including phenoxy) is 2. The summed E-state index contributed by atoms with van der Waals surface area (Å²) in [7, 11) is 0. The van der Waals surface area contributed by atoms with Crippen LogP contribution in [0, 0.1) is 5.92 Å². The van der Waals surface area contributed by atoms with Gasteiger partial charge in [-0.1, -0.05) is 6.92 Å². The molecule has 0 aliphatic carbocycles. The van der Waals surface area contributed by atoms with Gasteiger partial charge in [-0.05, 0) is 64.3 Å². The van der Waals surface area contributed by atoms with Gasteiger partial charge in [0.2, 0.25) is 0 Å². The van der Waals surface area contributed by atoms with E-state index in [9.17, 15) is 0 Å². The molecule has 1 N–H and O–H groups in total. The molecule has 170 valence electrons. The molecule has 3 saturated heterocycles. The van der Waals surface area contributed by atoms with Crippen molar-refractivity contribution in [3.05, 3.63) is 0 Å². The number of hydrogen-bond acceptors (Lipinski definition) is 4. The van der Waals surface area contributed by atoms with Gasteiger partial charge in [-0.15, -0.1) is 24.0 Å². The third-order valence-corrected chi connectivity index (χ3v) is 6.29. The largest absolute Gasteiger partial charge is 0.376 e. The Balaban J connectivity index is 0.00000300. The van der Waals surface area contributed by atoms with Crippen LogP contribution in [0.15, 0.2) is 4.99 Å². The zero-order valence-electron chi connectivity index (χ0n) is 18.6. The van der Waals surface area contributed by atoms with E-state index in [0.29, 0.717) is 12.2 Å². The minimum absolute atomic E-state index is 0. The molecule has 6 nitrogen and oxygen atoms in total. The van der Waals surface area contributed by atoms with Gasteiger partial charge in [0.25, 0.3) is 0 Å². The lowest BCUT2D eigenvalue weighted by molar-refractivity contribution is -0.0721. The topological polar surface area (TPSA) is 49.3 Å². The SMILES string of the molecule is CCNC(=NCCN1CCCC(C)C1)N1CCC(OCC2CCCCO2)CC1.I. The number of aliphatic imine (C=N–C) groups is 1. The van der Waals surface area contributed by atoms with E-state index in [0.717, 1.165) is 77.1 Å². The third-order valence-electron chi connectivity index (χ3n) is 6.29. The number of nitrogens with zero attached hydrogens (tertiary/aromatic N) is 3. The fourth-order valence-electron chi connectivity index (χ4n) is 4.63. The Labute approximate surface area is 195 Å². The molecule has 0 bridgehead atoms. The molecule has 0 spiro atoms. The average molecular weight is 523 g/mol. The molecule has 0 saturated carbocycles. The lowest BCUT2D eigenvalue weighted by Gasteiger charge is -2.35. The van der Waals surface area contributed by atoms with Gasteiger partial charge in [0.05, 0.1) is 25.4 Å². The van der Waals surface area contributed by atoms with Crippen LogP contribution in [0.4, 0.5) is 0 Å². The Morgan fingerprint density at radius 2 is 1.93 bits per heavy atom. The zero-order chi connectivity index (χ0) is 19.6. The molecule has 3 heterocycles. The minimum Gasteiger partial charge on any atom is -0.376 e. The molecule has 7 heteroatoms. The van der Waals surface area contributed by atoms with Gasteiger partial charge in [-0.3, -0.25) is 4.99 Å². The number of piperidine rings is 2. The maximum atomic E-state index is 6.16. The van der Waals surface area contributed by atoms with Crippen molar-refractivity contribution in [2.45, 2.75) is 71.0 Å². The van der Waals surface area contributed by atoms with Crippen LogP contribution >= 0.6 is 24.0 Å². The fourth-order valence-corrected chi connectivity index (χ4v) is 4.63. The first-order valence-corrected chi connectivity index (χ1v) is 11.7. The highest BCUT2D eigenvalue weighted by atomic mass is 127. The zero-order valence-corrected chi connectivity index (χ0v) is 20.9. The van der Waals surface area contributed by atoms with Crippen molar-refractivity contribution in [3.8, 4) is 0 Å². The summed E-state index contributed by atoms with van der Waals surface area (Å²) in [6.07, 6.45) is 9.23. The van der Waals surface area contributed by atoms with E-state index in [1.807, 2.05) is 0 Å². The molecule has 2 unspecified atom stereocenters. The maximum absolute atomic E-state index is 6.16. The molecule has 3 rings (SSSR count). The molecular formula is C22H43IN4O2. The molecule has 0 amide bonds. The standard InChI is InChI=1S/C22H42N4O2.HI/c1-3-23-22(24-11-15-25-12-6-7-19(2)17-25)26-13-9-20(10-14-26)28-18-21-8-4-5-16-27-21;/h19-21H,3-18H2,1-2H3,(H,23,24);1H. The summed E-state index contributed by atoms with van der Waals surface area (Å²) >= 11 is 0. The fraction of sp³-hybridized carbons (Fsp3) is 0.955. The number of guanidine groups is 1. The van der Waals surface area contributed by atoms with Crippen LogP contribution in [0.5, 0.6) is 0 Å². The smallest absolute Gasteiger partial charge is 0.193 e. The Hall–Kier alpha value is -0.120.